The number of halogens is 1. The summed E-state index contributed by atoms with van der Waals surface area (Å²) in [5, 5.41) is 8.75. The Morgan fingerprint density at radius 3 is 2.44 bits per heavy atom. The van der Waals surface area contributed by atoms with Crippen LogP contribution in [-0.4, -0.2) is 25.5 Å². The summed E-state index contributed by atoms with van der Waals surface area (Å²) in [4.78, 5) is 0. The van der Waals surface area contributed by atoms with Crippen LogP contribution in [-0.2, 0) is 6.42 Å². The van der Waals surface area contributed by atoms with Crippen molar-refractivity contribution in [2.75, 3.05) is 20.4 Å². The van der Waals surface area contributed by atoms with Gasteiger partial charge in [0.05, 0.1) is 13.8 Å². The number of aliphatic hydroxyl groups is 1. The van der Waals surface area contributed by atoms with Crippen molar-refractivity contribution in [2.45, 2.75) is 19.3 Å². The number of rotatable bonds is 7. The van der Waals surface area contributed by atoms with Gasteiger partial charge in [-0.05, 0) is 42.9 Å². The van der Waals surface area contributed by atoms with Crippen molar-refractivity contribution in [2.24, 2.45) is 5.92 Å². The first-order valence-corrected chi connectivity index (χ1v) is 5.60. The molecule has 0 aliphatic rings. The van der Waals surface area contributed by atoms with Crippen LogP contribution in [0.5, 0.6) is 5.75 Å². The SMILES string of the molecule is COc1ccc(CCC(CF)CCO)cc1. The molecule has 0 spiro atoms. The molecule has 1 aromatic carbocycles. The van der Waals surface area contributed by atoms with Crippen LogP contribution in [0.4, 0.5) is 4.39 Å². The summed E-state index contributed by atoms with van der Waals surface area (Å²) in [5.74, 6) is 0.813. The maximum absolute atomic E-state index is 12.5. The van der Waals surface area contributed by atoms with Crippen LogP contribution in [0.15, 0.2) is 24.3 Å². The molecular weight excluding hydrogens is 207 g/mol. The highest BCUT2D eigenvalue weighted by atomic mass is 19.1. The zero-order valence-electron chi connectivity index (χ0n) is 9.66. The molecule has 1 N–H and O–H groups in total. The van der Waals surface area contributed by atoms with E-state index in [1.807, 2.05) is 24.3 Å². The average Bonchev–Trinajstić information content (AvgIpc) is 2.35. The van der Waals surface area contributed by atoms with E-state index < -0.39 is 0 Å². The van der Waals surface area contributed by atoms with Crippen molar-refractivity contribution in [1.29, 1.82) is 0 Å². The fraction of sp³-hybridized carbons (Fsp3) is 0.538. The topological polar surface area (TPSA) is 29.5 Å². The van der Waals surface area contributed by atoms with Crippen LogP contribution in [0.1, 0.15) is 18.4 Å². The Balaban J connectivity index is 2.40. The molecule has 0 amide bonds. The first-order chi connectivity index (χ1) is 7.80. The molecular formula is C13H19FO2. The van der Waals surface area contributed by atoms with Gasteiger partial charge in [-0.1, -0.05) is 12.1 Å². The Labute approximate surface area is 96.1 Å². The van der Waals surface area contributed by atoms with Gasteiger partial charge in [0, 0.05) is 6.61 Å². The van der Waals surface area contributed by atoms with Crippen molar-refractivity contribution < 1.29 is 14.2 Å². The van der Waals surface area contributed by atoms with Gasteiger partial charge in [0.1, 0.15) is 5.75 Å². The minimum atomic E-state index is -0.350. The van der Waals surface area contributed by atoms with Gasteiger partial charge in [-0.3, -0.25) is 4.39 Å². The molecule has 1 atom stereocenters. The minimum absolute atomic E-state index is 0.0212. The predicted octanol–water partition coefficient (Wildman–Crippen LogP) is 2.60. The zero-order valence-corrected chi connectivity index (χ0v) is 9.66. The predicted molar refractivity (Wildman–Crippen MR) is 62.5 cm³/mol. The van der Waals surface area contributed by atoms with E-state index in [2.05, 4.69) is 0 Å². The quantitative estimate of drug-likeness (QED) is 0.774. The molecule has 0 radical (unpaired) electrons. The Bertz CT molecular complexity index is 284. The van der Waals surface area contributed by atoms with Gasteiger partial charge < -0.3 is 9.84 Å². The van der Waals surface area contributed by atoms with Crippen LogP contribution >= 0.6 is 0 Å². The summed E-state index contributed by atoms with van der Waals surface area (Å²) < 4.78 is 17.6. The minimum Gasteiger partial charge on any atom is -0.497 e. The molecule has 1 rings (SSSR count). The van der Waals surface area contributed by atoms with Crippen molar-refractivity contribution in [3.63, 3.8) is 0 Å². The lowest BCUT2D eigenvalue weighted by Gasteiger charge is -2.11. The first-order valence-electron chi connectivity index (χ1n) is 5.60. The van der Waals surface area contributed by atoms with Crippen LogP contribution < -0.4 is 4.74 Å². The summed E-state index contributed by atoms with van der Waals surface area (Å²) in [6.07, 6.45) is 2.18. The lowest BCUT2D eigenvalue weighted by molar-refractivity contribution is 0.228. The van der Waals surface area contributed by atoms with Crippen LogP contribution in [0.3, 0.4) is 0 Å². The molecule has 0 bridgehead atoms. The van der Waals surface area contributed by atoms with Crippen LogP contribution in [0, 0.1) is 5.92 Å². The molecule has 1 unspecified atom stereocenters. The van der Waals surface area contributed by atoms with Gasteiger partial charge in [-0.25, -0.2) is 0 Å². The van der Waals surface area contributed by atoms with Crippen molar-refractivity contribution >= 4 is 0 Å². The van der Waals surface area contributed by atoms with E-state index in [1.165, 1.54) is 5.56 Å². The van der Waals surface area contributed by atoms with Crippen molar-refractivity contribution in [3.05, 3.63) is 29.8 Å². The second-order valence-electron chi connectivity index (χ2n) is 3.92. The number of methoxy groups -OCH3 is 1. The fourth-order valence-electron chi connectivity index (χ4n) is 1.64. The monoisotopic (exact) mass is 226 g/mol. The standard InChI is InChI=1S/C13H19FO2/c1-16-13-6-4-11(5-7-13)2-3-12(10-14)8-9-15/h4-7,12,15H,2-3,8-10H2,1H3. The van der Waals surface area contributed by atoms with E-state index in [0.29, 0.717) is 6.42 Å². The molecule has 90 valence electrons. The summed E-state index contributed by atoms with van der Waals surface area (Å²) in [6, 6.07) is 7.80. The Morgan fingerprint density at radius 1 is 1.25 bits per heavy atom. The molecule has 0 aromatic heterocycles. The van der Waals surface area contributed by atoms with E-state index in [4.69, 9.17) is 9.84 Å². The zero-order chi connectivity index (χ0) is 11.8. The molecule has 16 heavy (non-hydrogen) atoms. The van der Waals surface area contributed by atoms with E-state index in [1.54, 1.807) is 7.11 Å². The Hall–Kier alpha value is -1.09. The van der Waals surface area contributed by atoms with Gasteiger partial charge in [-0.15, -0.1) is 0 Å². The third-order valence-corrected chi connectivity index (χ3v) is 2.76. The Kier molecular flexibility index (Phi) is 5.86. The maximum Gasteiger partial charge on any atom is 0.118 e. The third-order valence-electron chi connectivity index (χ3n) is 2.76. The normalized spacial score (nSPS) is 12.4. The molecule has 0 aliphatic carbocycles. The highest BCUT2D eigenvalue weighted by Gasteiger charge is 2.07. The van der Waals surface area contributed by atoms with Crippen molar-refractivity contribution in [1.82, 2.24) is 0 Å². The molecule has 0 heterocycles. The second-order valence-corrected chi connectivity index (χ2v) is 3.92. The number of benzene rings is 1. The van der Waals surface area contributed by atoms with Crippen LogP contribution in [0.2, 0.25) is 0 Å². The smallest absolute Gasteiger partial charge is 0.118 e. The highest BCUT2D eigenvalue weighted by molar-refractivity contribution is 5.27. The van der Waals surface area contributed by atoms with Gasteiger partial charge in [-0.2, -0.15) is 0 Å². The summed E-state index contributed by atoms with van der Waals surface area (Å²) in [7, 11) is 1.63. The number of aryl methyl sites for hydroxylation is 1. The number of ether oxygens (including phenoxy) is 1. The molecule has 3 heteroatoms. The largest absolute Gasteiger partial charge is 0.497 e. The summed E-state index contributed by atoms with van der Waals surface area (Å²) in [5.41, 5.74) is 1.18. The van der Waals surface area contributed by atoms with Gasteiger partial charge >= 0.3 is 0 Å². The van der Waals surface area contributed by atoms with E-state index in [-0.39, 0.29) is 19.2 Å². The van der Waals surface area contributed by atoms with E-state index in [0.717, 1.165) is 18.6 Å². The lowest BCUT2D eigenvalue weighted by atomic mass is 9.98. The molecule has 0 fully saturated rings. The summed E-state index contributed by atoms with van der Waals surface area (Å²) >= 11 is 0. The molecule has 1 aromatic rings. The van der Waals surface area contributed by atoms with Gasteiger partial charge in [0.2, 0.25) is 0 Å². The average molecular weight is 226 g/mol. The van der Waals surface area contributed by atoms with Gasteiger partial charge in [0.15, 0.2) is 0 Å². The second kappa shape index (κ2) is 7.23. The maximum atomic E-state index is 12.5. The highest BCUT2D eigenvalue weighted by Crippen LogP contribution is 2.16. The fourth-order valence-corrected chi connectivity index (χ4v) is 1.64. The first kappa shape index (κ1) is 13.0. The Morgan fingerprint density at radius 2 is 1.94 bits per heavy atom. The molecule has 0 saturated heterocycles. The molecule has 0 saturated carbocycles. The summed E-state index contributed by atoms with van der Waals surface area (Å²) in [6.45, 7) is -0.284. The molecule has 2 nitrogen and oxygen atoms in total. The number of hydrogen-bond donors (Lipinski definition) is 1. The third kappa shape index (κ3) is 4.19. The number of hydrogen-bond acceptors (Lipinski definition) is 2. The van der Waals surface area contributed by atoms with E-state index in [9.17, 15) is 4.39 Å². The molecule has 0 aliphatic heterocycles. The van der Waals surface area contributed by atoms with Crippen LogP contribution in [0.25, 0.3) is 0 Å². The van der Waals surface area contributed by atoms with E-state index >= 15 is 0 Å². The lowest BCUT2D eigenvalue weighted by Crippen LogP contribution is -2.07. The number of aliphatic hydroxyl groups excluding tert-OH is 1. The van der Waals surface area contributed by atoms with Crippen molar-refractivity contribution in [3.8, 4) is 5.75 Å². The number of alkyl halides is 1. The van der Waals surface area contributed by atoms with Gasteiger partial charge in [0.25, 0.3) is 0 Å².